The van der Waals surface area contributed by atoms with Crippen molar-refractivity contribution in [2.45, 2.75) is 39.5 Å². The summed E-state index contributed by atoms with van der Waals surface area (Å²) in [6, 6.07) is 10.1. The summed E-state index contributed by atoms with van der Waals surface area (Å²) in [6.45, 7) is 8.22. The lowest BCUT2D eigenvalue weighted by Gasteiger charge is -2.31. The molecule has 0 aliphatic carbocycles. The van der Waals surface area contributed by atoms with E-state index in [0.29, 0.717) is 6.42 Å². The predicted molar refractivity (Wildman–Crippen MR) is 86.0 cm³/mol. The standard InChI is InChI=1S/C15H23BrO2Si/c1-5-14(17)12(2)15(18-19(3,4)11-16)13-9-7-6-8-10-13/h6-10,12,15H,5,11H2,1-4H3/t12-,15+/m0/s1. The lowest BCUT2D eigenvalue weighted by molar-refractivity contribution is -0.125. The van der Waals surface area contributed by atoms with Gasteiger partial charge in [-0.25, -0.2) is 0 Å². The molecule has 0 fully saturated rings. The number of carbonyl (C=O) groups is 1. The minimum atomic E-state index is -1.78. The zero-order valence-electron chi connectivity index (χ0n) is 12.2. The van der Waals surface area contributed by atoms with Crippen LogP contribution in [-0.2, 0) is 9.22 Å². The van der Waals surface area contributed by atoms with Gasteiger partial charge in [0.05, 0.1) is 6.10 Å². The molecule has 4 heteroatoms. The van der Waals surface area contributed by atoms with Gasteiger partial charge in [0.15, 0.2) is 8.32 Å². The quantitative estimate of drug-likeness (QED) is 0.538. The van der Waals surface area contributed by atoms with Crippen LogP contribution >= 0.6 is 15.9 Å². The average Bonchev–Trinajstić information content (AvgIpc) is 2.44. The molecule has 1 aromatic rings. The number of alkyl halides is 1. The maximum Gasteiger partial charge on any atom is 0.197 e. The van der Waals surface area contributed by atoms with Crippen LogP contribution in [0.3, 0.4) is 0 Å². The van der Waals surface area contributed by atoms with Gasteiger partial charge < -0.3 is 4.43 Å². The number of rotatable bonds is 7. The first-order chi connectivity index (χ1) is 8.91. The Balaban J connectivity index is 3.01. The van der Waals surface area contributed by atoms with Crippen LogP contribution in [0.15, 0.2) is 30.3 Å². The van der Waals surface area contributed by atoms with Gasteiger partial charge in [0.2, 0.25) is 0 Å². The fraction of sp³-hybridized carbons (Fsp3) is 0.533. The molecule has 1 rings (SSSR count). The molecular formula is C15H23BrO2Si. The zero-order chi connectivity index (χ0) is 14.5. The second-order valence-electron chi connectivity index (χ2n) is 5.45. The minimum absolute atomic E-state index is 0.0989. The molecule has 0 spiro atoms. The van der Waals surface area contributed by atoms with Crippen LogP contribution in [0.1, 0.15) is 31.9 Å². The van der Waals surface area contributed by atoms with Crippen molar-refractivity contribution >= 4 is 30.0 Å². The van der Waals surface area contributed by atoms with Crippen LogP contribution in [0, 0.1) is 5.92 Å². The van der Waals surface area contributed by atoms with E-state index in [1.165, 1.54) is 0 Å². The van der Waals surface area contributed by atoms with Gasteiger partial charge in [-0.1, -0.05) is 60.1 Å². The van der Waals surface area contributed by atoms with Crippen LogP contribution in [0.4, 0.5) is 0 Å². The molecule has 0 unspecified atom stereocenters. The van der Waals surface area contributed by atoms with Crippen LogP contribution in [-0.4, -0.2) is 19.1 Å². The van der Waals surface area contributed by atoms with Crippen molar-refractivity contribution < 1.29 is 9.22 Å². The maximum absolute atomic E-state index is 12.0. The molecule has 0 heterocycles. The predicted octanol–water partition coefficient (Wildman–Crippen LogP) is 4.50. The van der Waals surface area contributed by atoms with Crippen LogP contribution < -0.4 is 0 Å². The molecule has 0 bridgehead atoms. The number of benzene rings is 1. The fourth-order valence-electron chi connectivity index (χ4n) is 1.97. The zero-order valence-corrected chi connectivity index (χ0v) is 14.7. The average molecular weight is 343 g/mol. The lowest BCUT2D eigenvalue weighted by Crippen LogP contribution is -2.37. The van der Waals surface area contributed by atoms with Crippen LogP contribution in [0.5, 0.6) is 0 Å². The molecule has 0 aromatic heterocycles. The molecule has 0 amide bonds. The largest absolute Gasteiger partial charge is 0.409 e. The Hall–Kier alpha value is -0.453. The number of Topliss-reactive ketones (excluding diaryl/α,β-unsaturated/α-hetero) is 1. The Labute approximate surface area is 125 Å². The van der Waals surface area contributed by atoms with Gasteiger partial charge in [-0.05, 0) is 18.7 Å². The van der Waals surface area contributed by atoms with E-state index in [-0.39, 0.29) is 17.8 Å². The Bertz CT molecular complexity index is 406. The first-order valence-electron chi connectivity index (χ1n) is 6.72. The monoisotopic (exact) mass is 342 g/mol. The summed E-state index contributed by atoms with van der Waals surface area (Å²) in [6.07, 6.45) is 0.428. The number of hydrogen-bond acceptors (Lipinski definition) is 2. The Morgan fingerprint density at radius 3 is 2.37 bits per heavy atom. The molecule has 106 valence electrons. The highest BCUT2D eigenvalue weighted by atomic mass is 79.9. The van der Waals surface area contributed by atoms with Gasteiger partial charge in [-0.15, -0.1) is 0 Å². The van der Waals surface area contributed by atoms with Gasteiger partial charge >= 0.3 is 0 Å². The molecule has 0 saturated carbocycles. The maximum atomic E-state index is 12.0. The molecule has 2 atom stereocenters. The van der Waals surface area contributed by atoms with E-state index in [1.807, 2.05) is 44.2 Å². The van der Waals surface area contributed by atoms with Crippen molar-refractivity contribution in [3.05, 3.63) is 35.9 Å². The first-order valence-corrected chi connectivity index (χ1v) is 11.0. The highest BCUT2D eigenvalue weighted by Crippen LogP contribution is 2.31. The number of carbonyl (C=O) groups excluding carboxylic acids is 1. The summed E-state index contributed by atoms with van der Waals surface area (Å²) in [5.41, 5.74) is 1.10. The topological polar surface area (TPSA) is 26.3 Å². The van der Waals surface area contributed by atoms with Gasteiger partial charge in [-0.2, -0.15) is 0 Å². The van der Waals surface area contributed by atoms with Crippen molar-refractivity contribution in [1.82, 2.24) is 0 Å². The fourth-order valence-corrected chi connectivity index (χ4v) is 3.45. The van der Waals surface area contributed by atoms with E-state index in [9.17, 15) is 4.79 Å². The second-order valence-corrected chi connectivity index (χ2v) is 11.2. The van der Waals surface area contributed by atoms with Gasteiger partial charge in [0, 0.05) is 17.3 Å². The molecule has 1 aromatic carbocycles. The van der Waals surface area contributed by atoms with Crippen molar-refractivity contribution in [2.24, 2.45) is 5.92 Å². The summed E-state index contributed by atoms with van der Waals surface area (Å²) in [5, 5.41) is 0. The van der Waals surface area contributed by atoms with Gasteiger partial charge in [0.25, 0.3) is 0 Å². The molecule has 0 aliphatic rings. The third kappa shape index (κ3) is 4.86. The van der Waals surface area contributed by atoms with E-state index in [4.69, 9.17) is 4.43 Å². The molecule has 0 aliphatic heterocycles. The van der Waals surface area contributed by atoms with E-state index >= 15 is 0 Å². The molecule has 0 N–H and O–H groups in total. The normalized spacial score (nSPS) is 15.0. The molecule has 19 heavy (non-hydrogen) atoms. The van der Waals surface area contributed by atoms with Gasteiger partial charge in [-0.3, -0.25) is 4.79 Å². The van der Waals surface area contributed by atoms with E-state index in [2.05, 4.69) is 29.0 Å². The molecular weight excluding hydrogens is 320 g/mol. The Morgan fingerprint density at radius 1 is 1.32 bits per heavy atom. The summed E-state index contributed by atoms with van der Waals surface area (Å²) in [4.78, 5) is 12.9. The van der Waals surface area contributed by atoms with Crippen molar-refractivity contribution in [3.8, 4) is 0 Å². The Morgan fingerprint density at radius 2 is 1.89 bits per heavy atom. The summed E-state index contributed by atoms with van der Waals surface area (Å²) < 4.78 is 6.33. The third-order valence-corrected chi connectivity index (χ3v) is 8.79. The van der Waals surface area contributed by atoms with E-state index in [1.54, 1.807) is 0 Å². The SMILES string of the molecule is CCC(=O)[C@H](C)[C@@H](O[Si](C)(C)CBr)c1ccccc1. The second kappa shape index (κ2) is 7.36. The van der Waals surface area contributed by atoms with Crippen LogP contribution in [0.2, 0.25) is 13.1 Å². The van der Waals surface area contributed by atoms with Crippen LogP contribution in [0.25, 0.3) is 0 Å². The molecule has 2 nitrogen and oxygen atoms in total. The van der Waals surface area contributed by atoms with Gasteiger partial charge in [0.1, 0.15) is 5.78 Å². The summed E-state index contributed by atoms with van der Waals surface area (Å²) >= 11 is 3.53. The number of ketones is 1. The lowest BCUT2D eigenvalue weighted by atomic mass is 9.93. The van der Waals surface area contributed by atoms with E-state index in [0.717, 1.165) is 10.5 Å². The smallest absolute Gasteiger partial charge is 0.197 e. The third-order valence-electron chi connectivity index (χ3n) is 3.21. The van der Waals surface area contributed by atoms with E-state index < -0.39 is 8.32 Å². The molecule has 0 radical (unpaired) electrons. The summed E-state index contributed by atoms with van der Waals surface area (Å²) in [5.74, 6) is 0.159. The molecule has 0 saturated heterocycles. The number of hydrogen-bond donors (Lipinski definition) is 0. The highest BCUT2D eigenvalue weighted by Gasteiger charge is 2.32. The Kier molecular flexibility index (Phi) is 6.43. The van der Waals surface area contributed by atoms with Crippen molar-refractivity contribution in [3.63, 3.8) is 0 Å². The first kappa shape index (κ1) is 16.6. The number of halogens is 1. The van der Waals surface area contributed by atoms with Crippen molar-refractivity contribution in [1.29, 1.82) is 0 Å². The minimum Gasteiger partial charge on any atom is -0.409 e. The van der Waals surface area contributed by atoms with Crippen molar-refractivity contribution in [2.75, 3.05) is 4.95 Å². The highest BCUT2D eigenvalue weighted by molar-refractivity contribution is 9.09. The summed E-state index contributed by atoms with van der Waals surface area (Å²) in [7, 11) is -1.78.